The lowest BCUT2D eigenvalue weighted by atomic mass is 9.97. The van der Waals surface area contributed by atoms with Gasteiger partial charge in [-0.1, -0.05) is 44.2 Å². The average Bonchev–Trinajstić information content (AvgIpc) is 2.96. The summed E-state index contributed by atoms with van der Waals surface area (Å²) in [5, 5.41) is 1.93. The molecule has 4 heteroatoms. The van der Waals surface area contributed by atoms with Crippen molar-refractivity contribution in [3.63, 3.8) is 0 Å². The van der Waals surface area contributed by atoms with E-state index < -0.39 is 0 Å². The van der Waals surface area contributed by atoms with Crippen molar-refractivity contribution in [1.82, 2.24) is 9.96 Å². The molecule has 0 bridgehead atoms. The van der Waals surface area contributed by atoms with Crippen molar-refractivity contribution in [1.29, 1.82) is 0 Å². The number of carbonyl (C=O) groups excluding carboxylic acids is 1. The number of hydrogen-bond donors (Lipinski definition) is 0. The number of likely N-dealkylation sites (N-methyl/N-ethyl adjacent to an activating group) is 1. The van der Waals surface area contributed by atoms with Crippen molar-refractivity contribution in [3.8, 4) is 0 Å². The first-order valence-corrected chi connectivity index (χ1v) is 7.25. The van der Waals surface area contributed by atoms with Gasteiger partial charge < -0.3 is 4.90 Å². The van der Waals surface area contributed by atoms with Crippen molar-refractivity contribution >= 4 is 5.91 Å². The van der Waals surface area contributed by atoms with Crippen molar-refractivity contribution in [2.24, 2.45) is 5.92 Å². The number of fused-ring (bicyclic) bond motifs is 1. The highest BCUT2D eigenvalue weighted by molar-refractivity contribution is 5.85. The molecule has 2 saturated heterocycles. The fourth-order valence-electron chi connectivity index (χ4n) is 3.28. The van der Waals surface area contributed by atoms with E-state index in [1.54, 1.807) is 0 Å². The molecule has 1 aromatic rings. The first-order chi connectivity index (χ1) is 9.46. The van der Waals surface area contributed by atoms with Crippen LogP contribution in [0.3, 0.4) is 0 Å². The third-order valence-corrected chi connectivity index (χ3v) is 4.97. The Morgan fingerprint density at radius 2 is 1.95 bits per heavy atom. The lowest BCUT2D eigenvalue weighted by Gasteiger charge is -2.41. The number of benzene rings is 1. The Bertz CT molecular complexity index is 516. The summed E-state index contributed by atoms with van der Waals surface area (Å²) >= 11 is 0. The van der Waals surface area contributed by atoms with E-state index in [-0.39, 0.29) is 23.7 Å². The third kappa shape index (κ3) is 1.71. The van der Waals surface area contributed by atoms with Gasteiger partial charge in [0.25, 0.3) is 0 Å². The Labute approximate surface area is 120 Å². The van der Waals surface area contributed by atoms with E-state index >= 15 is 0 Å². The number of amides is 1. The summed E-state index contributed by atoms with van der Waals surface area (Å²) in [4.78, 5) is 20.5. The second kappa shape index (κ2) is 4.57. The highest BCUT2D eigenvalue weighted by atomic mass is 16.7. The van der Waals surface area contributed by atoms with Gasteiger partial charge in [-0.25, -0.2) is 0 Å². The molecule has 0 aromatic heterocycles. The van der Waals surface area contributed by atoms with Crippen LogP contribution in [0.5, 0.6) is 0 Å². The van der Waals surface area contributed by atoms with E-state index in [1.165, 1.54) is 0 Å². The number of carbonyl (C=O) groups is 1. The van der Waals surface area contributed by atoms with Crippen LogP contribution in [0.1, 0.15) is 38.9 Å². The normalized spacial score (nSPS) is 34.0. The fraction of sp³-hybridized carbons (Fsp3) is 0.562. The zero-order valence-electron chi connectivity index (χ0n) is 12.5. The number of hydrogen-bond acceptors (Lipinski definition) is 3. The van der Waals surface area contributed by atoms with Crippen molar-refractivity contribution in [2.45, 2.75) is 45.0 Å². The maximum absolute atomic E-state index is 12.5. The minimum atomic E-state index is -0.370. The molecular formula is C16H22N2O2. The average molecular weight is 274 g/mol. The molecule has 2 heterocycles. The molecule has 20 heavy (non-hydrogen) atoms. The molecule has 2 aliphatic rings. The summed E-state index contributed by atoms with van der Waals surface area (Å²) in [5.74, 6) is 0.468. The van der Waals surface area contributed by atoms with Crippen LogP contribution in [0.2, 0.25) is 0 Å². The van der Waals surface area contributed by atoms with E-state index in [2.05, 4.69) is 32.9 Å². The molecular weight excluding hydrogens is 252 g/mol. The maximum atomic E-state index is 12.5. The highest BCUT2D eigenvalue weighted by Crippen LogP contribution is 2.46. The SMILES string of the molecule is CC(C)[C@]1(C)N(C)C(=O)[C@H]2C[C@H](c3ccccc3)ON21. The second-order valence-electron chi connectivity index (χ2n) is 6.23. The first-order valence-electron chi connectivity index (χ1n) is 7.25. The van der Waals surface area contributed by atoms with Gasteiger partial charge in [-0.2, -0.15) is 5.06 Å². The van der Waals surface area contributed by atoms with Gasteiger partial charge in [-0.15, -0.1) is 0 Å². The monoisotopic (exact) mass is 274 g/mol. The summed E-state index contributed by atoms with van der Waals surface area (Å²) in [6.45, 7) is 6.35. The lowest BCUT2D eigenvalue weighted by Crippen LogP contribution is -2.53. The topological polar surface area (TPSA) is 32.8 Å². The Morgan fingerprint density at radius 3 is 2.55 bits per heavy atom. The minimum Gasteiger partial charge on any atom is -0.324 e. The van der Waals surface area contributed by atoms with Crippen molar-refractivity contribution in [2.75, 3.05) is 7.05 Å². The molecule has 108 valence electrons. The molecule has 1 amide bonds. The van der Waals surface area contributed by atoms with Crippen LogP contribution in [-0.4, -0.2) is 34.6 Å². The highest BCUT2D eigenvalue weighted by Gasteiger charge is 2.59. The van der Waals surface area contributed by atoms with Crippen LogP contribution in [0, 0.1) is 5.92 Å². The zero-order valence-corrected chi connectivity index (χ0v) is 12.5. The summed E-state index contributed by atoms with van der Waals surface area (Å²) in [5.41, 5.74) is 0.772. The Kier molecular flexibility index (Phi) is 3.10. The molecule has 0 radical (unpaired) electrons. The standard InChI is InChI=1S/C16H22N2O2/c1-11(2)16(3)17(4)15(19)13-10-14(20-18(13)16)12-8-6-5-7-9-12/h5-9,11,13-14H,10H2,1-4H3/t13-,14-,16-/m1/s1. The van der Waals surface area contributed by atoms with E-state index in [4.69, 9.17) is 4.84 Å². The van der Waals surface area contributed by atoms with Crippen molar-refractivity contribution in [3.05, 3.63) is 35.9 Å². The van der Waals surface area contributed by atoms with Crippen LogP contribution < -0.4 is 0 Å². The molecule has 0 aliphatic carbocycles. The van der Waals surface area contributed by atoms with E-state index in [9.17, 15) is 4.79 Å². The first kappa shape index (κ1) is 13.6. The van der Waals surface area contributed by atoms with Crippen LogP contribution in [0.4, 0.5) is 0 Å². The smallest absolute Gasteiger partial charge is 0.243 e. The molecule has 0 saturated carbocycles. The lowest BCUT2D eigenvalue weighted by molar-refractivity contribution is -0.239. The van der Waals surface area contributed by atoms with E-state index in [0.717, 1.165) is 12.0 Å². The largest absolute Gasteiger partial charge is 0.324 e. The minimum absolute atomic E-state index is 0.0167. The van der Waals surface area contributed by atoms with E-state index in [1.807, 2.05) is 35.2 Å². The van der Waals surface area contributed by atoms with Gasteiger partial charge in [0, 0.05) is 13.5 Å². The van der Waals surface area contributed by atoms with Gasteiger partial charge in [0.05, 0.1) is 0 Å². The van der Waals surface area contributed by atoms with Gasteiger partial charge in [-0.3, -0.25) is 9.63 Å². The molecule has 4 nitrogen and oxygen atoms in total. The Hall–Kier alpha value is -1.39. The fourth-order valence-corrected chi connectivity index (χ4v) is 3.28. The predicted octanol–water partition coefficient (Wildman–Crippen LogP) is 2.58. The summed E-state index contributed by atoms with van der Waals surface area (Å²) in [7, 11) is 1.88. The Morgan fingerprint density at radius 1 is 1.30 bits per heavy atom. The molecule has 3 atom stereocenters. The molecule has 0 unspecified atom stereocenters. The van der Waals surface area contributed by atoms with Crippen LogP contribution >= 0.6 is 0 Å². The quantitative estimate of drug-likeness (QED) is 0.831. The van der Waals surface area contributed by atoms with Gasteiger partial charge in [0.15, 0.2) is 0 Å². The van der Waals surface area contributed by atoms with Crippen LogP contribution in [0.25, 0.3) is 0 Å². The Balaban J connectivity index is 1.91. The van der Waals surface area contributed by atoms with Gasteiger partial charge in [-0.05, 0) is 18.4 Å². The van der Waals surface area contributed by atoms with Crippen LogP contribution in [-0.2, 0) is 9.63 Å². The molecule has 0 spiro atoms. The van der Waals surface area contributed by atoms with Crippen LogP contribution in [0.15, 0.2) is 30.3 Å². The maximum Gasteiger partial charge on any atom is 0.243 e. The number of rotatable bonds is 2. The number of hydroxylamine groups is 2. The molecule has 2 aliphatic heterocycles. The molecule has 2 fully saturated rings. The van der Waals surface area contributed by atoms with Gasteiger partial charge in [0.1, 0.15) is 17.8 Å². The third-order valence-electron chi connectivity index (χ3n) is 4.97. The molecule has 1 aromatic carbocycles. The van der Waals surface area contributed by atoms with E-state index in [0.29, 0.717) is 5.92 Å². The van der Waals surface area contributed by atoms with Crippen molar-refractivity contribution < 1.29 is 9.63 Å². The second-order valence-corrected chi connectivity index (χ2v) is 6.23. The summed E-state index contributed by atoms with van der Waals surface area (Å²) in [6, 6.07) is 9.99. The van der Waals surface area contributed by atoms with Gasteiger partial charge >= 0.3 is 0 Å². The molecule has 0 N–H and O–H groups in total. The number of nitrogens with zero attached hydrogens (tertiary/aromatic N) is 2. The summed E-state index contributed by atoms with van der Waals surface area (Å²) < 4.78 is 0. The summed E-state index contributed by atoms with van der Waals surface area (Å²) in [6.07, 6.45) is 0.715. The zero-order chi connectivity index (χ0) is 14.5. The molecule has 3 rings (SSSR count). The van der Waals surface area contributed by atoms with Gasteiger partial charge in [0.2, 0.25) is 5.91 Å². The predicted molar refractivity (Wildman–Crippen MR) is 76.5 cm³/mol.